The molecule has 0 amide bonds. The maximum absolute atomic E-state index is 9.74. The van der Waals surface area contributed by atoms with Crippen molar-refractivity contribution in [1.82, 2.24) is 0 Å². The third-order valence-electron chi connectivity index (χ3n) is 5.92. The van der Waals surface area contributed by atoms with Crippen LogP contribution in [0.4, 0.5) is 0 Å². The summed E-state index contributed by atoms with van der Waals surface area (Å²) in [6.45, 7) is 10.1. The molecule has 0 saturated heterocycles. The Morgan fingerprint density at radius 2 is 1.81 bits per heavy atom. The summed E-state index contributed by atoms with van der Waals surface area (Å²) in [6.07, 6.45) is 6.75. The number of aliphatic hydroxyl groups excluding tert-OH is 1. The van der Waals surface area contributed by atoms with Gasteiger partial charge < -0.3 is 5.11 Å². The number of aliphatic hydroxyl groups is 1. The average molecular weight is 224 g/mol. The van der Waals surface area contributed by atoms with Crippen LogP contribution in [0.15, 0.2) is 0 Å². The van der Waals surface area contributed by atoms with Crippen LogP contribution in [0.2, 0.25) is 0 Å². The molecule has 2 fully saturated rings. The first-order chi connectivity index (χ1) is 7.42. The van der Waals surface area contributed by atoms with Gasteiger partial charge in [0, 0.05) is 6.61 Å². The minimum atomic E-state index is 0.393. The van der Waals surface area contributed by atoms with Crippen LogP contribution in [-0.2, 0) is 0 Å². The highest BCUT2D eigenvalue weighted by atomic mass is 16.3. The van der Waals surface area contributed by atoms with Crippen LogP contribution in [-0.4, -0.2) is 11.7 Å². The Kier molecular flexibility index (Phi) is 3.11. The van der Waals surface area contributed by atoms with Crippen molar-refractivity contribution in [1.29, 1.82) is 0 Å². The standard InChI is InChI=1S/C15H28O/c1-11-6-7-13-14(2,3)8-5-9-15(13,4)12(11)10-16/h11-13,16H,5-10H2,1-4H3/t11-,12-,13-,15+/m0/s1. The fraction of sp³-hybridized carbons (Fsp3) is 1.00. The Labute approximate surface area is 101 Å². The highest BCUT2D eigenvalue weighted by Gasteiger charge is 2.53. The molecule has 94 valence electrons. The van der Waals surface area contributed by atoms with E-state index in [1.807, 2.05) is 0 Å². The van der Waals surface area contributed by atoms with Crippen LogP contribution in [0.1, 0.15) is 59.8 Å². The van der Waals surface area contributed by atoms with E-state index in [4.69, 9.17) is 0 Å². The zero-order valence-corrected chi connectivity index (χ0v) is 11.4. The minimum Gasteiger partial charge on any atom is -0.396 e. The Morgan fingerprint density at radius 1 is 1.12 bits per heavy atom. The lowest BCUT2D eigenvalue weighted by molar-refractivity contribution is -0.108. The first kappa shape index (κ1) is 12.4. The van der Waals surface area contributed by atoms with Gasteiger partial charge in [-0.05, 0) is 47.8 Å². The van der Waals surface area contributed by atoms with E-state index in [1.54, 1.807) is 0 Å². The molecule has 0 heterocycles. The van der Waals surface area contributed by atoms with Crippen molar-refractivity contribution in [2.45, 2.75) is 59.8 Å². The second-order valence-corrected chi connectivity index (χ2v) is 7.24. The molecule has 1 N–H and O–H groups in total. The molecular weight excluding hydrogens is 196 g/mol. The van der Waals surface area contributed by atoms with E-state index in [0.717, 1.165) is 5.92 Å². The van der Waals surface area contributed by atoms with E-state index in [1.165, 1.54) is 32.1 Å². The molecule has 2 aliphatic carbocycles. The summed E-state index contributed by atoms with van der Waals surface area (Å²) in [5.74, 6) is 2.06. The van der Waals surface area contributed by atoms with E-state index in [2.05, 4.69) is 27.7 Å². The van der Waals surface area contributed by atoms with Crippen LogP contribution in [0.25, 0.3) is 0 Å². The number of fused-ring (bicyclic) bond motifs is 1. The highest BCUT2D eigenvalue weighted by molar-refractivity contribution is 5.02. The molecule has 1 nitrogen and oxygen atoms in total. The van der Waals surface area contributed by atoms with E-state index >= 15 is 0 Å². The van der Waals surface area contributed by atoms with Gasteiger partial charge in [0.05, 0.1) is 0 Å². The zero-order chi connectivity index (χ0) is 12.0. The van der Waals surface area contributed by atoms with Crippen molar-refractivity contribution >= 4 is 0 Å². The summed E-state index contributed by atoms with van der Waals surface area (Å²) < 4.78 is 0. The number of hydrogen-bond donors (Lipinski definition) is 1. The molecule has 0 aromatic carbocycles. The Morgan fingerprint density at radius 3 is 2.44 bits per heavy atom. The van der Waals surface area contributed by atoms with Crippen LogP contribution in [0.3, 0.4) is 0 Å². The average Bonchev–Trinajstić information content (AvgIpc) is 2.15. The third kappa shape index (κ3) is 1.72. The predicted octanol–water partition coefficient (Wildman–Crippen LogP) is 3.86. The quantitative estimate of drug-likeness (QED) is 0.717. The third-order valence-corrected chi connectivity index (χ3v) is 5.92. The van der Waals surface area contributed by atoms with Gasteiger partial charge >= 0.3 is 0 Å². The summed E-state index contributed by atoms with van der Waals surface area (Å²) in [6, 6.07) is 0. The maximum Gasteiger partial charge on any atom is 0.0467 e. The largest absolute Gasteiger partial charge is 0.396 e. The van der Waals surface area contributed by atoms with Gasteiger partial charge in [0.25, 0.3) is 0 Å². The van der Waals surface area contributed by atoms with Crippen LogP contribution in [0.5, 0.6) is 0 Å². The smallest absolute Gasteiger partial charge is 0.0467 e. The van der Waals surface area contributed by atoms with E-state index in [-0.39, 0.29) is 0 Å². The first-order valence-corrected chi connectivity index (χ1v) is 7.02. The van der Waals surface area contributed by atoms with Crippen molar-refractivity contribution in [2.24, 2.45) is 28.6 Å². The first-order valence-electron chi connectivity index (χ1n) is 7.02. The molecule has 4 atom stereocenters. The van der Waals surface area contributed by atoms with Gasteiger partial charge in [-0.3, -0.25) is 0 Å². The molecule has 2 saturated carbocycles. The summed E-state index contributed by atoms with van der Waals surface area (Å²) in [7, 11) is 0. The molecule has 0 bridgehead atoms. The van der Waals surface area contributed by atoms with Crippen molar-refractivity contribution in [3.05, 3.63) is 0 Å². The van der Waals surface area contributed by atoms with Crippen molar-refractivity contribution in [2.75, 3.05) is 6.61 Å². The fourth-order valence-corrected chi connectivity index (χ4v) is 5.00. The SMILES string of the molecule is C[C@H]1CC[C@H]2C(C)(C)CCC[C@]2(C)[C@H]1CO. The van der Waals surface area contributed by atoms with Gasteiger partial charge in [-0.1, -0.05) is 40.5 Å². The zero-order valence-electron chi connectivity index (χ0n) is 11.4. The lowest BCUT2D eigenvalue weighted by Gasteiger charge is -2.58. The van der Waals surface area contributed by atoms with Gasteiger partial charge in [0.2, 0.25) is 0 Å². The van der Waals surface area contributed by atoms with Crippen molar-refractivity contribution < 1.29 is 5.11 Å². The van der Waals surface area contributed by atoms with Crippen LogP contribution >= 0.6 is 0 Å². The molecule has 0 unspecified atom stereocenters. The van der Waals surface area contributed by atoms with Crippen molar-refractivity contribution in [3.63, 3.8) is 0 Å². The molecule has 1 heteroatoms. The van der Waals surface area contributed by atoms with E-state index in [0.29, 0.717) is 29.3 Å². The van der Waals surface area contributed by atoms with Crippen molar-refractivity contribution in [3.8, 4) is 0 Å². The maximum atomic E-state index is 9.74. The molecular formula is C15H28O. The molecule has 0 aromatic heterocycles. The Bertz CT molecular complexity index is 258. The number of rotatable bonds is 1. The number of hydrogen-bond acceptors (Lipinski definition) is 1. The topological polar surface area (TPSA) is 20.2 Å². The Hall–Kier alpha value is -0.0400. The minimum absolute atomic E-state index is 0.393. The van der Waals surface area contributed by atoms with E-state index in [9.17, 15) is 5.11 Å². The molecule has 0 aromatic rings. The normalized spacial score (nSPS) is 47.4. The summed E-state index contributed by atoms with van der Waals surface area (Å²) in [5.41, 5.74) is 0.884. The monoisotopic (exact) mass is 224 g/mol. The summed E-state index contributed by atoms with van der Waals surface area (Å²) in [4.78, 5) is 0. The fourth-order valence-electron chi connectivity index (χ4n) is 5.00. The van der Waals surface area contributed by atoms with E-state index < -0.39 is 0 Å². The Balaban J connectivity index is 2.31. The molecule has 2 rings (SSSR count). The second kappa shape index (κ2) is 4.01. The van der Waals surface area contributed by atoms with Gasteiger partial charge in [-0.25, -0.2) is 0 Å². The predicted molar refractivity (Wildman–Crippen MR) is 68.2 cm³/mol. The molecule has 2 aliphatic rings. The van der Waals surface area contributed by atoms with Crippen LogP contribution < -0.4 is 0 Å². The lowest BCUT2D eigenvalue weighted by atomic mass is 9.47. The second-order valence-electron chi connectivity index (χ2n) is 7.24. The van der Waals surface area contributed by atoms with Crippen LogP contribution in [0, 0.1) is 28.6 Å². The van der Waals surface area contributed by atoms with Gasteiger partial charge in [-0.15, -0.1) is 0 Å². The van der Waals surface area contributed by atoms with Gasteiger partial charge in [0.1, 0.15) is 0 Å². The molecule has 0 aliphatic heterocycles. The molecule has 0 radical (unpaired) electrons. The van der Waals surface area contributed by atoms with Gasteiger partial charge in [0.15, 0.2) is 0 Å². The molecule has 0 spiro atoms. The highest BCUT2D eigenvalue weighted by Crippen LogP contribution is 2.60. The lowest BCUT2D eigenvalue weighted by Crippen LogP contribution is -2.52. The summed E-state index contributed by atoms with van der Waals surface area (Å²) in [5, 5.41) is 9.74. The summed E-state index contributed by atoms with van der Waals surface area (Å²) >= 11 is 0. The molecule has 16 heavy (non-hydrogen) atoms. The van der Waals surface area contributed by atoms with Gasteiger partial charge in [-0.2, -0.15) is 0 Å².